The Labute approximate surface area is 91.1 Å². The molecule has 0 saturated carbocycles. The van der Waals surface area contributed by atoms with Gasteiger partial charge in [0.15, 0.2) is 0 Å². The van der Waals surface area contributed by atoms with E-state index in [2.05, 4.69) is 20.7 Å². The van der Waals surface area contributed by atoms with Gasteiger partial charge in [-0.1, -0.05) is 22.0 Å². The van der Waals surface area contributed by atoms with E-state index in [1.165, 1.54) is 7.11 Å². The standard InChI is InChI=1S/C10H11BrO3/c1-13-8-4-3-7(9(11)6-8)5-10(12)14-2/h3-4,6H,5H2,1-2H3. The third-order valence-corrected chi connectivity index (χ3v) is 2.56. The normalized spacial score (nSPS) is 9.64. The topological polar surface area (TPSA) is 35.5 Å². The molecule has 0 unspecified atom stereocenters. The van der Waals surface area contributed by atoms with Crippen LogP contribution in [0.3, 0.4) is 0 Å². The van der Waals surface area contributed by atoms with Crippen molar-refractivity contribution < 1.29 is 14.3 Å². The SMILES string of the molecule is COC(=O)Cc1ccc(OC)cc1Br. The van der Waals surface area contributed by atoms with Crippen molar-refractivity contribution >= 4 is 21.9 Å². The number of carbonyl (C=O) groups excluding carboxylic acids is 1. The second-order valence-corrected chi connectivity index (χ2v) is 3.56. The van der Waals surface area contributed by atoms with Crippen LogP contribution in [0.5, 0.6) is 5.75 Å². The molecule has 1 aromatic carbocycles. The highest BCUT2D eigenvalue weighted by atomic mass is 79.9. The molecule has 1 rings (SSSR count). The molecule has 0 spiro atoms. The highest BCUT2D eigenvalue weighted by molar-refractivity contribution is 9.10. The number of halogens is 1. The number of hydrogen-bond acceptors (Lipinski definition) is 3. The summed E-state index contributed by atoms with van der Waals surface area (Å²) in [6.07, 6.45) is 0.265. The van der Waals surface area contributed by atoms with Gasteiger partial charge in [-0.2, -0.15) is 0 Å². The first kappa shape index (κ1) is 11.0. The maximum absolute atomic E-state index is 11.0. The van der Waals surface area contributed by atoms with Gasteiger partial charge in [0.2, 0.25) is 0 Å². The van der Waals surface area contributed by atoms with E-state index in [0.29, 0.717) is 0 Å². The van der Waals surface area contributed by atoms with Crippen molar-refractivity contribution in [2.45, 2.75) is 6.42 Å². The van der Waals surface area contributed by atoms with Crippen molar-refractivity contribution in [2.75, 3.05) is 14.2 Å². The number of hydrogen-bond donors (Lipinski definition) is 0. The van der Waals surface area contributed by atoms with Crippen LogP contribution in [0.25, 0.3) is 0 Å². The van der Waals surface area contributed by atoms with E-state index in [1.807, 2.05) is 18.2 Å². The van der Waals surface area contributed by atoms with Crippen molar-refractivity contribution in [3.05, 3.63) is 28.2 Å². The molecule has 0 atom stereocenters. The molecule has 0 fully saturated rings. The number of carbonyl (C=O) groups is 1. The molecule has 0 radical (unpaired) electrons. The van der Waals surface area contributed by atoms with Crippen molar-refractivity contribution in [1.82, 2.24) is 0 Å². The first-order valence-corrected chi connectivity index (χ1v) is 4.86. The molecule has 0 bridgehead atoms. The van der Waals surface area contributed by atoms with Gasteiger partial charge in [0, 0.05) is 4.47 Å². The molecule has 0 saturated heterocycles. The van der Waals surface area contributed by atoms with Gasteiger partial charge >= 0.3 is 5.97 Å². The molecule has 0 aliphatic rings. The van der Waals surface area contributed by atoms with E-state index in [1.54, 1.807) is 7.11 Å². The monoisotopic (exact) mass is 258 g/mol. The zero-order valence-corrected chi connectivity index (χ0v) is 9.63. The summed E-state index contributed by atoms with van der Waals surface area (Å²) in [6.45, 7) is 0. The molecule has 1 aromatic rings. The third kappa shape index (κ3) is 2.73. The van der Waals surface area contributed by atoms with Crippen LogP contribution in [0.2, 0.25) is 0 Å². The summed E-state index contributed by atoms with van der Waals surface area (Å²) in [5.41, 5.74) is 0.887. The van der Waals surface area contributed by atoms with E-state index in [4.69, 9.17) is 4.74 Å². The van der Waals surface area contributed by atoms with Crippen LogP contribution >= 0.6 is 15.9 Å². The lowest BCUT2D eigenvalue weighted by Gasteiger charge is -2.05. The van der Waals surface area contributed by atoms with E-state index >= 15 is 0 Å². The second-order valence-electron chi connectivity index (χ2n) is 2.71. The van der Waals surface area contributed by atoms with Gasteiger partial charge in [-0.05, 0) is 17.7 Å². The lowest BCUT2D eigenvalue weighted by atomic mass is 10.1. The maximum Gasteiger partial charge on any atom is 0.310 e. The Kier molecular flexibility index (Phi) is 3.95. The fourth-order valence-electron chi connectivity index (χ4n) is 1.03. The van der Waals surface area contributed by atoms with Crippen LogP contribution in [0.4, 0.5) is 0 Å². The molecule has 0 heterocycles. The second kappa shape index (κ2) is 5.00. The van der Waals surface area contributed by atoms with Crippen LogP contribution in [-0.4, -0.2) is 20.2 Å². The molecule has 4 heteroatoms. The summed E-state index contributed by atoms with van der Waals surface area (Å²) in [5, 5.41) is 0. The largest absolute Gasteiger partial charge is 0.497 e. The molecule has 14 heavy (non-hydrogen) atoms. The molecule has 0 aliphatic carbocycles. The fourth-order valence-corrected chi connectivity index (χ4v) is 1.52. The number of benzene rings is 1. The fraction of sp³-hybridized carbons (Fsp3) is 0.300. The van der Waals surface area contributed by atoms with Gasteiger partial charge in [0.1, 0.15) is 5.75 Å². The Bertz CT molecular complexity index is 336. The molecule has 3 nitrogen and oxygen atoms in total. The Morgan fingerprint density at radius 3 is 2.64 bits per heavy atom. The molecule has 0 amide bonds. The Balaban J connectivity index is 2.83. The lowest BCUT2D eigenvalue weighted by Crippen LogP contribution is -2.04. The molecule has 0 N–H and O–H groups in total. The zero-order chi connectivity index (χ0) is 10.6. The highest BCUT2D eigenvalue weighted by Gasteiger charge is 2.07. The van der Waals surface area contributed by atoms with Crippen LogP contribution in [0.1, 0.15) is 5.56 Å². The average Bonchev–Trinajstić information content (AvgIpc) is 2.20. The highest BCUT2D eigenvalue weighted by Crippen LogP contribution is 2.23. The van der Waals surface area contributed by atoms with Gasteiger partial charge in [-0.25, -0.2) is 0 Å². The van der Waals surface area contributed by atoms with Gasteiger partial charge in [-0.3, -0.25) is 4.79 Å². The van der Waals surface area contributed by atoms with Crippen LogP contribution in [-0.2, 0) is 16.0 Å². The minimum Gasteiger partial charge on any atom is -0.497 e. The molecule has 0 aromatic heterocycles. The van der Waals surface area contributed by atoms with Crippen LogP contribution in [0.15, 0.2) is 22.7 Å². The van der Waals surface area contributed by atoms with Gasteiger partial charge in [0.25, 0.3) is 0 Å². The minimum absolute atomic E-state index is 0.254. The van der Waals surface area contributed by atoms with E-state index in [-0.39, 0.29) is 12.4 Å². The lowest BCUT2D eigenvalue weighted by molar-refractivity contribution is -0.139. The smallest absolute Gasteiger partial charge is 0.310 e. The molecular formula is C10H11BrO3. The summed E-state index contributed by atoms with van der Waals surface area (Å²) >= 11 is 3.36. The van der Waals surface area contributed by atoms with E-state index in [9.17, 15) is 4.79 Å². The number of esters is 1. The summed E-state index contributed by atoms with van der Waals surface area (Å²) in [4.78, 5) is 11.0. The summed E-state index contributed by atoms with van der Waals surface area (Å²) in [6, 6.07) is 5.46. The summed E-state index contributed by atoms with van der Waals surface area (Å²) in [5.74, 6) is 0.501. The van der Waals surface area contributed by atoms with Gasteiger partial charge < -0.3 is 9.47 Å². The average molecular weight is 259 g/mol. The number of methoxy groups -OCH3 is 2. The minimum atomic E-state index is -0.254. The maximum atomic E-state index is 11.0. The van der Waals surface area contributed by atoms with Crippen molar-refractivity contribution in [1.29, 1.82) is 0 Å². The van der Waals surface area contributed by atoms with Crippen LogP contribution < -0.4 is 4.74 Å². The quantitative estimate of drug-likeness (QED) is 0.780. The zero-order valence-electron chi connectivity index (χ0n) is 8.04. The van der Waals surface area contributed by atoms with Crippen molar-refractivity contribution in [3.8, 4) is 5.75 Å². The molecule has 0 aliphatic heterocycles. The summed E-state index contributed by atoms with van der Waals surface area (Å²) in [7, 11) is 2.97. The Morgan fingerprint density at radius 1 is 1.43 bits per heavy atom. The first-order valence-electron chi connectivity index (χ1n) is 4.06. The summed E-state index contributed by atoms with van der Waals surface area (Å²) < 4.78 is 10.5. The molecular weight excluding hydrogens is 248 g/mol. The van der Waals surface area contributed by atoms with Crippen molar-refractivity contribution in [2.24, 2.45) is 0 Å². The van der Waals surface area contributed by atoms with E-state index in [0.717, 1.165) is 15.8 Å². The number of rotatable bonds is 3. The van der Waals surface area contributed by atoms with Gasteiger partial charge in [-0.15, -0.1) is 0 Å². The van der Waals surface area contributed by atoms with Crippen molar-refractivity contribution in [3.63, 3.8) is 0 Å². The van der Waals surface area contributed by atoms with Crippen LogP contribution in [0, 0.1) is 0 Å². The first-order chi connectivity index (χ1) is 6.67. The number of ether oxygens (including phenoxy) is 2. The van der Waals surface area contributed by atoms with Gasteiger partial charge in [0.05, 0.1) is 20.6 Å². The predicted octanol–water partition coefficient (Wildman–Crippen LogP) is 2.17. The predicted molar refractivity (Wildman–Crippen MR) is 56.4 cm³/mol. The van der Waals surface area contributed by atoms with E-state index < -0.39 is 0 Å². The Morgan fingerprint density at radius 2 is 2.14 bits per heavy atom. The third-order valence-electron chi connectivity index (χ3n) is 1.82. The molecule has 76 valence electrons. The Hall–Kier alpha value is -1.03.